The molecule has 0 radical (unpaired) electrons. The van der Waals surface area contributed by atoms with Gasteiger partial charge in [-0.25, -0.2) is 14.4 Å². The second-order valence-corrected chi connectivity index (χ2v) is 14.2. The minimum absolute atomic E-state index is 0.0258. The lowest BCUT2D eigenvalue weighted by Gasteiger charge is -2.32. The van der Waals surface area contributed by atoms with Crippen molar-refractivity contribution in [2.45, 2.75) is 97.2 Å². The number of nitriles is 1. The Morgan fingerprint density at radius 1 is 1.12 bits per heavy atom. The Hall–Kier alpha value is -5.12. The van der Waals surface area contributed by atoms with Crippen molar-refractivity contribution in [3.05, 3.63) is 95.3 Å². The number of hydrogen-bond donors (Lipinski definition) is 1. The SMILES string of the molecule is CCC(C)(CCOC(C)(C)CC)NC(=O)c1ccc2nc(Cn3cc(-c4cccc(OCc5ccc(C#N)cc5F)n4)cn3)n(C[C@@H]3CCO3)c2c1. The van der Waals surface area contributed by atoms with Crippen molar-refractivity contribution in [3.63, 3.8) is 0 Å². The van der Waals surface area contributed by atoms with Gasteiger partial charge in [0.25, 0.3) is 5.91 Å². The second-order valence-electron chi connectivity index (χ2n) is 14.2. The van der Waals surface area contributed by atoms with E-state index >= 15 is 0 Å². The van der Waals surface area contributed by atoms with Crippen LogP contribution >= 0.6 is 0 Å². The lowest BCUT2D eigenvalue weighted by Crippen LogP contribution is -2.46. The van der Waals surface area contributed by atoms with Crippen molar-refractivity contribution < 1.29 is 23.4 Å². The molecule has 1 N–H and O–H groups in total. The van der Waals surface area contributed by atoms with E-state index < -0.39 is 11.4 Å². The summed E-state index contributed by atoms with van der Waals surface area (Å²) in [5.74, 6) is 0.497. The molecule has 2 atom stereocenters. The van der Waals surface area contributed by atoms with Crippen molar-refractivity contribution in [1.29, 1.82) is 5.26 Å². The largest absolute Gasteiger partial charge is 0.473 e. The molecule has 0 aliphatic carbocycles. The van der Waals surface area contributed by atoms with Gasteiger partial charge < -0.3 is 24.1 Å². The summed E-state index contributed by atoms with van der Waals surface area (Å²) in [5, 5.41) is 16.9. The molecule has 1 fully saturated rings. The molecule has 1 saturated heterocycles. The molecular weight excluding hydrogens is 661 g/mol. The first-order valence-electron chi connectivity index (χ1n) is 17.9. The third-order valence-corrected chi connectivity index (χ3v) is 9.98. The topological polar surface area (TPSA) is 129 Å². The fourth-order valence-corrected chi connectivity index (χ4v) is 5.87. The van der Waals surface area contributed by atoms with Gasteiger partial charge in [-0.2, -0.15) is 10.4 Å². The number of amides is 1. The Balaban J connectivity index is 1.18. The van der Waals surface area contributed by atoms with Gasteiger partial charge in [0.05, 0.1) is 59.4 Å². The van der Waals surface area contributed by atoms with Crippen LogP contribution in [0.25, 0.3) is 22.3 Å². The Kier molecular flexibility index (Phi) is 11.0. The average molecular weight is 708 g/mol. The van der Waals surface area contributed by atoms with Gasteiger partial charge in [0.15, 0.2) is 0 Å². The van der Waals surface area contributed by atoms with Gasteiger partial charge in [-0.3, -0.25) is 9.48 Å². The van der Waals surface area contributed by atoms with Gasteiger partial charge in [0.1, 0.15) is 18.2 Å². The van der Waals surface area contributed by atoms with Gasteiger partial charge in [0.2, 0.25) is 5.88 Å². The maximum atomic E-state index is 14.4. The average Bonchev–Trinajstić information content (AvgIpc) is 3.73. The first kappa shape index (κ1) is 36.7. The summed E-state index contributed by atoms with van der Waals surface area (Å²) >= 11 is 0. The van der Waals surface area contributed by atoms with Crippen molar-refractivity contribution in [3.8, 4) is 23.2 Å². The zero-order valence-electron chi connectivity index (χ0n) is 30.5. The Morgan fingerprint density at radius 3 is 2.65 bits per heavy atom. The summed E-state index contributed by atoms with van der Waals surface area (Å²) in [6.45, 7) is 12.7. The van der Waals surface area contributed by atoms with E-state index in [9.17, 15) is 9.18 Å². The van der Waals surface area contributed by atoms with Crippen molar-refractivity contribution in [1.82, 2.24) is 29.6 Å². The van der Waals surface area contributed by atoms with Crippen LogP contribution in [0.5, 0.6) is 5.88 Å². The van der Waals surface area contributed by atoms with Gasteiger partial charge in [-0.1, -0.05) is 26.0 Å². The predicted molar refractivity (Wildman–Crippen MR) is 195 cm³/mol. The molecule has 0 bridgehead atoms. The molecule has 1 aliphatic rings. The van der Waals surface area contributed by atoms with Crippen LogP contribution in [0.2, 0.25) is 0 Å². The van der Waals surface area contributed by atoms with E-state index in [1.807, 2.05) is 42.6 Å². The van der Waals surface area contributed by atoms with Crippen LogP contribution < -0.4 is 10.1 Å². The summed E-state index contributed by atoms with van der Waals surface area (Å²) in [4.78, 5) is 23.2. The highest BCUT2D eigenvalue weighted by Crippen LogP contribution is 2.26. The molecule has 0 spiro atoms. The lowest BCUT2D eigenvalue weighted by atomic mass is 9.94. The number of imidazole rings is 1. The standard InChI is InChI=1S/C40H46FN7O4/c1-6-39(3,4)52-18-16-40(5,7-2)46-38(49)28-13-14-34-35(20-28)48(24-31-15-17-50-31)36(44-34)25-47-23-30(22-43-47)33-9-8-10-37(45-33)51-26-29-12-11-27(21-42)19-32(29)41/h8-14,19-20,22-23,31H,6-7,15-18,24-26H2,1-5H3,(H,46,49)/t31-,40?/m0/s1. The van der Waals surface area contributed by atoms with E-state index in [0.717, 1.165) is 48.3 Å². The van der Waals surface area contributed by atoms with E-state index in [2.05, 4.69) is 54.6 Å². The maximum Gasteiger partial charge on any atom is 0.251 e. The quantitative estimate of drug-likeness (QED) is 0.114. The number of fused-ring (bicyclic) bond motifs is 1. The van der Waals surface area contributed by atoms with E-state index in [0.29, 0.717) is 48.8 Å². The number of hydrogen-bond acceptors (Lipinski definition) is 8. The number of nitrogens with one attached hydrogen (secondary N) is 1. The molecule has 5 aromatic rings. The van der Waals surface area contributed by atoms with Crippen LogP contribution in [0, 0.1) is 17.1 Å². The zero-order chi connectivity index (χ0) is 36.9. The Morgan fingerprint density at radius 2 is 1.94 bits per heavy atom. The highest BCUT2D eigenvalue weighted by molar-refractivity contribution is 5.98. The smallest absolute Gasteiger partial charge is 0.251 e. The highest BCUT2D eigenvalue weighted by atomic mass is 19.1. The third kappa shape index (κ3) is 8.66. The monoisotopic (exact) mass is 707 g/mol. The fourth-order valence-electron chi connectivity index (χ4n) is 5.87. The van der Waals surface area contributed by atoms with Gasteiger partial charge in [0, 0.05) is 47.7 Å². The number of aromatic nitrogens is 5. The molecule has 272 valence electrons. The van der Waals surface area contributed by atoms with Crippen LogP contribution in [0.4, 0.5) is 4.39 Å². The molecule has 2 aromatic carbocycles. The van der Waals surface area contributed by atoms with Gasteiger partial charge >= 0.3 is 0 Å². The highest BCUT2D eigenvalue weighted by Gasteiger charge is 2.28. The first-order valence-corrected chi connectivity index (χ1v) is 17.9. The van der Waals surface area contributed by atoms with Crippen LogP contribution in [0.15, 0.2) is 67.0 Å². The number of halogens is 1. The van der Waals surface area contributed by atoms with E-state index in [1.54, 1.807) is 23.0 Å². The molecule has 12 heteroatoms. The summed E-state index contributed by atoms with van der Waals surface area (Å²) < 4.78 is 36.0. The molecule has 52 heavy (non-hydrogen) atoms. The number of nitrogens with zero attached hydrogens (tertiary/aromatic N) is 6. The van der Waals surface area contributed by atoms with Crippen molar-refractivity contribution in [2.75, 3.05) is 13.2 Å². The molecule has 3 aromatic heterocycles. The lowest BCUT2D eigenvalue weighted by molar-refractivity contribution is -0.0590. The van der Waals surface area contributed by atoms with E-state index in [1.165, 1.54) is 12.1 Å². The predicted octanol–water partition coefficient (Wildman–Crippen LogP) is 7.22. The number of pyridine rings is 1. The molecule has 0 saturated carbocycles. The Bertz CT molecular complexity index is 2080. The molecule has 1 aliphatic heterocycles. The molecule has 1 amide bonds. The Labute approximate surface area is 303 Å². The van der Waals surface area contributed by atoms with Crippen molar-refractivity contribution >= 4 is 16.9 Å². The zero-order valence-corrected chi connectivity index (χ0v) is 30.5. The number of ether oxygens (including phenoxy) is 3. The van der Waals surface area contributed by atoms with Gasteiger partial charge in [-0.05, 0) is 82.9 Å². The minimum atomic E-state index is -0.502. The third-order valence-electron chi connectivity index (χ3n) is 9.98. The van der Waals surface area contributed by atoms with Crippen molar-refractivity contribution in [2.24, 2.45) is 0 Å². The molecule has 4 heterocycles. The van der Waals surface area contributed by atoms with Gasteiger partial charge in [-0.15, -0.1) is 0 Å². The van der Waals surface area contributed by atoms with Crippen LogP contribution in [-0.2, 0) is 29.2 Å². The molecule has 1 unspecified atom stereocenters. The normalized spacial score (nSPS) is 15.5. The number of carbonyl (C=O) groups excluding carboxylic acids is 1. The number of benzene rings is 2. The summed E-state index contributed by atoms with van der Waals surface area (Å²) in [5.41, 5.74) is 3.62. The van der Waals surface area contributed by atoms with E-state index in [-0.39, 0.29) is 29.8 Å². The summed E-state index contributed by atoms with van der Waals surface area (Å²) in [7, 11) is 0. The van der Waals surface area contributed by atoms with Crippen LogP contribution in [-0.4, -0.2) is 60.7 Å². The van der Waals surface area contributed by atoms with Crippen LogP contribution in [0.3, 0.4) is 0 Å². The summed E-state index contributed by atoms with van der Waals surface area (Å²) in [6, 6.07) is 17.2. The molecular formula is C40H46FN7O4. The minimum Gasteiger partial charge on any atom is -0.473 e. The number of rotatable bonds is 16. The second kappa shape index (κ2) is 15.6. The van der Waals surface area contributed by atoms with Crippen LogP contribution in [0.1, 0.15) is 87.6 Å². The first-order chi connectivity index (χ1) is 25.0. The summed E-state index contributed by atoms with van der Waals surface area (Å²) in [6.07, 6.45) is 7.05. The molecule has 11 nitrogen and oxygen atoms in total. The van der Waals surface area contributed by atoms with E-state index in [4.69, 9.17) is 24.5 Å². The fraction of sp³-hybridized carbons (Fsp3) is 0.425. The molecule has 6 rings (SSSR count). The number of carbonyl (C=O) groups is 1. The maximum absolute atomic E-state index is 14.4.